The number of nitrogens with one attached hydrogen (secondary N) is 1. The van der Waals surface area contributed by atoms with E-state index in [1.807, 2.05) is 12.1 Å². The zero-order valence-corrected chi connectivity index (χ0v) is 10.6. The van der Waals surface area contributed by atoms with E-state index < -0.39 is 0 Å². The first-order chi connectivity index (χ1) is 8.22. The Labute approximate surface area is 103 Å². The summed E-state index contributed by atoms with van der Waals surface area (Å²) < 4.78 is 12.9. The average Bonchev–Trinajstić information content (AvgIpc) is 2.39. The number of piperazine rings is 1. The minimum Gasteiger partial charge on any atom is -0.314 e. The molecule has 2 unspecified atom stereocenters. The van der Waals surface area contributed by atoms with Gasteiger partial charge in [-0.25, -0.2) is 4.39 Å². The number of hydrogen-bond donors (Lipinski definition) is 1. The van der Waals surface area contributed by atoms with Crippen LogP contribution in [0.15, 0.2) is 24.3 Å². The molecular weight excluding hydrogens is 215 g/mol. The van der Waals surface area contributed by atoms with Crippen LogP contribution in [0.25, 0.3) is 0 Å². The molecule has 3 heteroatoms. The molecule has 1 N–H and O–H groups in total. The first-order valence-corrected chi connectivity index (χ1v) is 6.44. The molecule has 0 radical (unpaired) electrons. The predicted molar refractivity (Wildman–Crippen MR) is 68.5 cm³/mol. The summed E-state index contributed by atoms with van der Waals surface area (Å²) in [5.41, 5.74) is 1.20. The third-order valence-electron chi connectivity index (χ3n) is 3.72. The van der Waals surface area contributed by atoms with Gasteiger partial charge in [0.1, 0.15) is 5.82 Å². The summed E-state index contributed by atoms with van der Waals surface area (Å²) in [6.07, 6.45) is 1.15. The molecule has 1 aromatic carbocycles. The van der Waals surface area contributed by atoms with Crippen LogP contribution in [0.1, 0.15) is 31.9 Å². The van der Waals surface area contributed by atoms with Crippen LogP contribution in [0.3, 0.4) is 0 Å². The number of hydrogen-bond acceptors (Lipinski definition) is 2. The average molecular weight is 236 g/mol. The highest BCUT2D eigenvalue weighted by atomic mass is 19.1. The maximum Gasteiger partial charge on any atom is 0.123 e. The molecule has 2 rings (SSSR count). The molecule has 0 amide bonds. The molecular formula is C14H21FN2. The van der Waals surface area contributed by atoms with Gasteiger partial charge >= 0.3 is 0 Å². The molecule has 1 fully saturated rings. The van der Waals surface area contributed by atoms with Crippen molar-refractivity contribution in [1.82, 2.24) is 10.2 Å². The van der Waals surface area contributed by atoms with Gasteiger partial charge in [-0.2, -0.15) is 0 Å². The molecule has 1 aliphatic rings. The van der Waals surface area contributed by atoms with Crippen molar-refractivity contribution in [2.75, 3.05) is 19.6 Å². The van der Waals surface area contributed by atoms with Gasteiger partial charge in [0.05, 0.1) is 0 Å². The molecule has 1 aromatic rings. The molecule has 1 heterocycles. The van der Waals surface area contributed by atoms with Crippen LogP contribution in [0, 0.1) is 5.82 Å². The molecule has 0 spiro atoms. The summed E-state index contributed by atoms with van der Waals surface area (Å²) in [7, 11) is 0. The van der Waals surface area contributed by atoms with E-state index >= 15 is 0 Å². The highest BCUT2D eigenvalue weighted by Gasteiger charge is 2.25. The van der Waals surface area contributed by atoms with Crippen molar-refractivity contribution < 1.29 is 4.39 Å². The van der Waals surface area contributed by atoms with Crippen molar-refractivity contribution in [1.29, 1.82) is 0 Å². The van der Waals surface area contributed by atoms with Gasteiger partial charge in [0.15, 0.2) is 0 Å². The quantitative estimate of drug-likeness (QED) is 0.867. The van der Waals surface area contributed by atoms with E-state index in [2.05, 4.69) is 24.1 Å². The number of rotatable bonds is 3. The lowest BCUT2D eigenvalue weighted by atomic mass is 10.0. The maximum atomic E-state index is 12.9. The summed E-state index contributed by atoms with van der Waals surface area (Å²) in [6.45, 7) is 7.60. The first kappa shape index (κ1) is 12.5. The summed E-state index contributed by atoms with van der Waals surface area (Å²) in [5.74, 6) is -0.159. The molecule has 0 saturated carbocycles. The third kappa shape index (κ3) is 2.85. The summed E-state index contributed by atoms with van der Waals surface area (Å²) in [5, 5.41) is 3.43. The van der Waals surface area contributed by atoms with E-state index in [0.29, 0.717) is 12.1 Å². The van der Waals surface area contributed by atoms with E-state index in [1.165, 1.54) is 5.56 Å². The van der Waals surface area contributed by atoms with Gasteiger partial charge in [0.25, 0.3) is 0 Å². The van der Waals surface area contributed by atoms with Crippen LogP contribution in [0.2, 0.25) is 0 Å². The summed E-state index contributed by atoms with van der Waals surface area (Å²) in [6, 6.07) is 7.85. The SMILES string of the molecule is CCC1CNCCN1C(C)c1ccc(F)cc1. The molecule has 0 aliphatic carbocycles. The Morgan fingerprint density at radius 3 is 2.76 bits per heavy atom. The standard InChI is InChI=1S/C14H21FN2/c1-3-14-10-16-8-9-17(14)11(2)12-4-6-13(15)7-5-12/h4-7,11,14,16H,3,8-10H2,1-2H3. The van der Waals surface area contributed by atoms with Crippen LogP contribution in [0.4, 0.5) is 4.39 Å². The Hall–Kier alpha value is -0.930. The largest absolute Gasteiger partial charge is 0.314 e. The second kappa shape index (κ2) is 5.61. The molecule has 17 heavy (non-hydrogen) atoms. The van der Waals surface area contributed by atoms with Crippen LogP contribution >= 0.6 is 0 Å². The normalized spacial score (nSPS) is 23.6. The van der Waals surface area contributed by atoms with Crippen molar-refractivity contribution in [3.8, 4) is 0 Å². The van der Waals surface area contributed by atoms with Gasteiger partial charge < -0.3 is 5.32 Å². The highest BCUT2D eigenvalue weighted by molar-refractivity contribution is 5.19. The van der Waals surface area contributed by atoms with Crippen LogP contribution in [-0.2, 0) is 0 Å². The van der Waals surface area contributed by atoms with Crippen LogP contribution in [-0.4, -0.2) is 30.6 Å². The van der Waals surface area contributed by atoms with Gasteiger partial charge in [-0.05, 0) is 31.0 Å². The van der Waals surface area contributed by atoms with E-state index in [0.717, 1.165) is 26.1 Å². The Balaban J connectivity index is 2.12. The van der Waals surface area contributed by atoms with E-state index in [9.17, 15) is 4.39 Å². The van der Waals surface area contributed by atoms with Crippen molar-refractivity contribution in [2.24, 2.45) is 0 Å². The number of benzene rings is 1. The highest BCUT2D eigenvalue weighted by Crippen LogP contribution is 2.24. The van der Waals surface area contributed by atoms with Gasteiger partial charge in [0.2, 0.25) is 0 Å². The van der Waals surface area contributed by atoms with Gasteiger partial charge in [0, 0.05) is 31.7 Å². The van der Waals surface area contributed by atoms with Crippen LogP contribution < -0.4 is 5.32 Å². The number of nitrogens with zero attached hydrogens (tertiary/aromatic N) is 1. The van der Waals surface area contributed by atoms with Gasteiger partial charge in [-0.15, -0.1) is 0 Å². The lowest BCUT2D eigenvalue weighted by Crippen LogP contribution is -2.51. The van der Waals surface area contributed by atoms with Gasteiger partial charge in [-0.3, -0.25) is 4.90 Å². The minimum absolute atomic E-state index is 0.159. The first-order valence-electron chi connectivity index (χ1n) is 6.44. The fraction of sp³-hybridized carbons (Fsp3) is 0.571. The lowest BCUT2D eigenvalue weighted by molar-refractivity contribution is 0.112. The zero-order chi connectivity index (χ0) is 12.3. The fourth-order valence-electron chi connectivity index (χ4n) is 2.60. The lowest BCUT2D eigenvalue weighted by Gasteiger charge is -2.40. The van der Waals surface area contributed by atoms with Crippen molar-refractivity contribution in [3.63, 3.8) is 0 Å². The van der Waals surface area contributed by atoms with Crippen LogP contribution in [0.5, 0.6) is 0 Å². The molecule has 1 saturated heterocycles. The topological polar surface area (TPSA) is 15.3 Å². The Morgan fingerprint density at radius 1 is 1.41 bits per heavy atom. The maximum absolute atomic E-state index is 12.9. The Morgan fingerprint density at radius 2 is 2.12 bits per heavy atom. The second-order valence-electron chi connectivity index (χ2n) is 4.73. The molecule has 2 atom stereocenters. The Bertz CT molecular complexity index is 350. The van der Waals surface area contributed by atoms with E-state index in [1.54, 1.807) is 12.1 Å². The summed E-state index contributed by atoms with van der Waals surface area (Å²) >= 11 is 0. The molecule has 1 aliphatic heterocycles. The predicted octanol–water partition coefficient (Wildman–Crippen LogP) is 2.57. The molecule has 94 valence electrons. The zero-order valence-electron chi connectivity index (χ0n) is 10.6. The van der Waals surface area contributed by atoms with Crippen molar-refractivity contribution in [3.05, 3.63) is 35.6 Å². The fourth-order valence-corrected chi connectivity index (χ4v) is 2.60. The van der Waals surface area contributed by atoms with E-state index in [4.69, 9.17) is 0 Å². The monoisotopic (exact) mass is 236 g/mol. The molecule has 2 nitrogen and oxygen atoms in total. The smallest absolute Gasteiger partial charge is 0.123 e. The number of halogens is 1. The molecule has 0 bridgehead atoms. The van der Waals surface area contributed by atoms with Crippen molar-refractivity contribution in [2.45, 2.75) is 32.4 Å². The third-order valence-corrected chi connectivity index (χ3v) is 3.72. The second-order valence-corrected chi connectivity index (χ2v) is 4.73. The van der Waals surface area contributed by atoms with Gasteiger partial charge in [-0.1, -0.05) is 19.1 Å². The minimum atomic E-state index is -0.159. The summed E-state index contributed by atoms with van der Waals surface area (Å²) in [4.78, 5) is 2.52. The van der Waals surface area contributed by atoms with E-state index in [-0.39, 0.29) is 5.82 Å². The Kier molecular flexibility index (Phi) is 4.13. The molecule has 0 aromatic heterocycles. The van der Waals surface area contributed by atoms with Crippen molar-refractivity contribution >= 4 is 0 Å².